The van der Waals surface area contributed by atoms with Gasteiger partial charge in [0.25, 0.3) is 0 Å². The Hall–Kier alpha value is -4.15. The summed E-state index contributed by atoms with van der Waals surface area (Å²) in [7, 11) is 1.91. The number of likely N-dealkylation sites (tertiary alicyclic amines) is 1. The highest BCUT2D eigenvalue weighted by molar-refractivity contribution is 6.31. The number of benzene rings is 1. The van der Waals surface area contributed by atoms with Crippen LogP contribution < -0.4 is 5.32 Å². The van der Waals surface area contributed by atoms with Gasteiger partial charge in [0.2, 0.25) is 0 Å². The monoisotopic (exact) mass is 629 g/mol. The van der Waals surface area contributed by atoms with Crippen LogP contribution in [-0.4, -0.2) is 70.6 Å². The third kappa shape index (κ3) is 6.35. The molecule has 3 fully saturated rings. The van der Waals surface area contributed by atoms with Crippen LogP contribution in [0.2, 0.25) is 5.02 Å². The number of ether oxygens (including phenoxy) is 3. The second-order valence-electron chi connectivity index (χ2n) is 12.1. The van der Waals surface area contributed by atoms with E-state index in [2.05, 4.69) is 16.4 Å². The molecule has 1 aromatic carbocycles. The lowest BCUT2D eigenvalue weighted by molar-refractivity contribution is 0.0529. The van der Waals surface area contributed by atoms with Crippen molar-refractivity contribution in [3.63, 3.8) is 0 Å². The van der Waals surface area contributed by atoms with Gasteiger partial charge < -0.3 is 29.0 Å². The van der Waals surface area contributed by atoms with Crippen molar-refractivity contribution < 1.29 is 23.8 Å². The van der Waals surface area contributed by atoms with Gasteiger partial charge in [-0.1, -0.05) is 29.3 Å². The second kappa shape index (κ2) is 12.7. The predicted molar refractivity (Wildman–Crippen MR) is 169 cm³/mol. The maximum Gasteiger partial charge on any atom is 0.410 e. The Morgan fingerprint density at radius 2 is 2.00 bits per heavy atom. The maximum absolute atomic E-state index is 13.2. The number of nitrogens with zero attached hydrogens (tertiary/aromatic N) is 4. The van der Waals surface area contributed by atoms with Gasteiger partial charge >= 0.3 is 12.2 Å². The van der Waals surface area contributed by atoms with Gasteiger partial charge in [0, 0.05) is 48.9 Å². The van der Waals surface area contributed by atoms with E-state index in [1.54, 1.807) is 23.6 Å². The molecule has 7 rings (SSSR count). The van der Waals surface area contributed by atoms with Crippen LogP contribution in [0.5, 0.6) is 0 Å². The summed E-state index contributed by atoms with van der Waals surface area (Å²) in [6.45, 7) is 2.58. The highest BCUT2D eigenvalue weighted by Gasteiger charge is 2.33. The van der Waals surface area contributed by atoms with Crippen molar-refractivity contribution in [3.8, 4) is 0 Å². The van der Waals surface area contributed by atoms with Crippen molar-refractivity contribution in [2.75, 3.05) is 32.9 Å². The number of aryl methyl sites for hydroxylation is 1. The fourth-order valence-electron chi connectivity index (χ4n) is 6.31. The third-order valence-corrected chi connectivity index (χ3v) is 9.19. The highest BCUT2D eigenvalue weighted by atomic mass is 35.5. The summed E-state index contributed by atoms with van der Waals surface area (Å²) >= 11 is 6.67. The molecule has 2 aliphatic carbocycles. The highest BCUT2D eigenvalue weighted by Crippen LogP contribution is 2.45. The SMILES string of the molecule is Cn1cncc1C(NC(=O)OCC1CC1)C1=Cc2cccnc2C(=C2CCN(C(=O)OC3CCOC3)CC2)c2ccc(Cl)cc21. The third-order valence-electron chi connectivity index (χ3n) is 8.95. The number of rotatable bonds is 6. The lowest BCUT2D eigenvalue weighted by Gasteiger charge is -2.30. The number of aromatic nitrogens is 3. The molecular weight excluding hydrogens is 594 g/mol. The first-order chi connectivity index (χ1) is 21.9. The number of halogens is 1. The Balaban J connectivity index is 1.27. The average Bonchev–Trinajstić information content (AvgIpc) is 3.61. The molecule has 0 spiro atoms. The average molecular weight is 630 g/mol. The summed E-state index contributed by atoms with van der Waals surface area (Å²) in [6.07, 6.45) is 10.7. The van der Waals surface area contributed by atoms with Crippen LogP contribution in [0.1, 0.15) is 66.2 Å². The number of carbonyl (C=O) groups excluding carboxylic acids is 2. The van der Waals surface area contributed by atoms with Gasteiger partial charge in [-0.25, -0.2) is 14.6 Å². The molecule has 1 N–H and O–H groups in total. The Morgan fingerprint density at radius 1 is 1.16 bits per heavy atom. The molecule has 2 amide bonds. The van der Waals surface area contributed by atoms with Crippen molar-refractivity contribution in [1.82, 2.24) is 24.8 Å². The standard InChI is InChI=1S/C34H36ClN5O5/c1-39-20-36-17-29(39)32(38-33(41)44-18-21-4-5-21)28-15-23-3-2-11-37-31(23)30(26-7-6-24(35)16-27(26)28)22-8-12-40(13-9-22)34(42)45-25-10-14-43-19-25/h2-3,6-7,11,15-17,20-21,25,32H,4-5,8-10,12-14,18-19H2,1H3,(H,38,41). The maximum atomic E-state index is 13.2. The molecule has 234 valence electrons. The van der Waals surface area contributed by atoms with Gasteiger partial charge in [-0.05, 0) is 72.6 Å². The van der Waals surface area contributed by atoms with Gasteiger partial charge in [0.05, 0.1) is 43.7 Å². The van der Waals surface area contributed by atoms with E-state index in [0.717, 1.165) is 58.5 Å². The van der Waals surface area contributed by atoms with E-state index in [-0.39, 0.29) is 12.2 Å². The fourth-order valence-corrected chi connectivity index (χ4v) is 6.48. The molecule has 2 aliphatic heterocycles. The van der Waals surface area contributed by atoms with E-state index in [9.17, 15) is 9.59 Å². The van der Waals surface area contributed by atoms with E-state index >= 15 is 0 Å². The zero-order valence-corrected chi connectivity index (χ0v) is 26.0. The number of fused-ring (bicyclic) bond motifs is 2. The Kier molecular flexibility index (Phi) is 8.33. The first-order valence-corrected chi connectivity index (χ1v) is 15.9. The summed E-state index contributed by atoms with van der Waals surface area (Å²) in [5.74, 6) is 0.444. The normalized spacial score (nSPS) is 20.1. The van der Waals surface area contributed by atoms with Crippen molar-refractivity contribution >= 4 is 41.0 Å². The van der Waals surface area contributed by atoms with Crippen LogP contribution >= 0.6 is 11.6 Å². The molecule has 45 heavy (non-hydrogen) atoms. The number of pyridine rings is 1. The molecule has 11 heteroatoms. The van der Waals surface area contributed by atoms with Crippen molar-refractivity contribution in [1.29, 1.82) is 0 Å². The predicted octanol–water partition coefficient (Wildman–Crippen LogP) is 6.02. The second-order valence-corrected chi connectivity index (χ2v) is 12.6. The van der Waals surface area contributed by atoms with Crippen molar-refractivity contribution in [3.05, 3.63) is 87.7 Å². The number of piperidine rings is 1. The Labute approximate surface area is 267 Å². The lowest BCUT2D eigenvalue weighted by Crippen LogP contribution is -2.39. The number of hydrogen-bond acceptors (Lipinski definition) is 7. The largest absolute Gasteiger partial charge is 0.449 e. The van der Waals surface area contributed by atoms with E-state index in [1.807, 2.05) is 41.9 Å². The van der Waals surface area contributed by atoms with Crippen molar-refractivity contribution in [2.45, 2.75) is 44.2 Å². The number of nitrogens with one attached hydrogen (secondary N) is 1. The Morgan fingerprint density at radius 3 is 2.73 bits per heavy atom. The van der Waals surface area contributed by atoms with Crippen molar-refractivity contribution in [2.24, 2.45) is 13.0 Å². The van der Waals surface area contributed by atoms with Crippen LogP contribution in [0.4, 0.5) is 9.59 Å². The minimum Gasteiger partial charge on any atom is -0.449 e. The smallest absolute Gasteiger partial charge is 0.410 e. The zero-order valence-electron chi connectivity index (χ0n) is 25.2. The summed E-state index contributed by atoms with van der Waals surface area (Å²) in [4.78, 5) is 37.1. The van der Waals surface area contributed by atoms with E-state index in [1.165, 1.54) is 5.57 Å². The van der Waals surface area contributed by atoms with Gasteiger partial charge in [-0.15, -0.1) is 0 Å². The number of carbonyl (C=O) groups is 2. The topological polar surface area (TPSA) is 108 Å². The van der Waals surface area contributed by atoms with Crippen LogP contribution in [-0.2, 0) is 21.3 Å². The number of alkyl carbamates (subject to hydrolysis) is 1. The van der Waals surface area contributed by atoms with Crippen LogP contribution in [0, 0.1) is 5.92 Å². The van der Waals surface area contributed by atoms with E-state index < -0.39 is 12.1 Å². The minimum absolute atomic E-state index is 0.178. The minimum atomic E-state index is -0.574. The molecule has 2 unspecified atom stereocenters. The van der Waals surface area contributed by atoms with Gasteiger partial charge in [0.1, 0.15) is 12.1 Å². The Bertz CT molecular complexity index is 1660. The van der Waals surface area contributed by atoms with Gasteiger partial charge in [-0.3, -0.25) is 4.98 Å². The summed E-state index contributed by atoms with van der Waals surface area (Å²) in [5, 5.41) is 3.72. The molecule has 4 aliphatic rings. The molecule has 2 aromatic heterocycles. The number of imidazole rings is 1. The van der Waals surface area contributed by atoms with E-state index in [4.69, 9.17) is 30.8 Å². The van der Waals surface area contributed by atoms with E-state index in [0.29, 0.717) is 56.7 Å². The summed E-state index contributed by atoms with van der Waals surface area (Å²) < 4.78 is 18.6. The molecule has 10 nitrogen and oxygen atoms in total. The molecule has 0 bridgehead atoms. The lowest BCUT2D eigenvalue weighted by atomic mass is 9.86. The van der Waals surface area contributed by atoms with Gasteiger partial charge in [-0.2, -0.15) is 0 Å². The zero-order chi connectivity index (χ0) is 30.9. The summed E-state index contributed by atoms with van der Waals surface area (Å²) in [5.41, 5.74) is 7.52. The molecule has 3 aromatic rings. The first-order valence-electron chi connectivity index (χ1n) is 15.6. The molecule has 2 atom stereocenters. The summed E-state index contributed by atoms with van der Waals surface area (Å²) in [6, 6.07) is 9.25. The number of hydrogen-bond donors (Lipinski definition) is 1. The molecule has 2 saturated heterocycles. The molecule has 0 radical (unpaired) electrons. The van der Waals surface area contributed by atoms with Crippen LogP contribution in [0.25, 0.3) is 17.2 Å². The quantitative estimate of drug-likeness (QED) is 0.355. The molecule has 4 heterocycles. The van der Waals surface area contributed by atoms with Crippen LogP contribution in [0.3, 0.4) is 0 Å². The molecule has 1 saturated carbocycles. The van der Waals surface area contributed by atoms with Gasteiger partial charge in [0.15, 0.2) is 0 Å². The molecular formula is C34H36ClN5O5. The number of amides is 2. The fraction of sp³-hybridized carbons (Fsp3) is 0.412. The van der Waals surface area contributed by atoms with Crippen LogP contribution in [0.15, 0.2) is 54.6 Å². The first kappa shape index (κ1) is 29.6.